The molecule has 2 amide bonds. The minimum Gasteiger partial charge on any atom is -0.345 e. The van der Waals surface area contributed by atoms with Crippen molar-refractivity contribution in [2.24, 2.45) is 7.05 Å². The molecule has 2 aromatic heterocycles. The number of nitrogens with one attached hydrogen (secondary N) is 2. The molecule has 25 heavy (non-hydrogen) atoms. The highest BCUT2D eigenvalue weighted by atomic mass is 16.2. The molecule has 2 fully saturated rings. The molecule has 0 bridgehead atoms. The molecular weight excluding hydrogens is 320 g/mol. The van der Waals surface area contributed by atoms with Gasteiger partial charge in [0.15, 0.2) is 0 Å². The van der Waals surface area contributed by atoms with E-state index in [0.29, 0.717) is 24.4 Å². The molecule has 2 N–H and O–H groups in total. The summed E-state index contributed by atoms with van der Waals surface area (Å²) in [5, 5.41) is 3.10. The van der Waals surface area contributed by atoms with Gasteiger partial charge in [-0.2, -0.15) is 0 Å². The van der Waals surface area contributed by atoms with E-state index in [0.717, 1.165) is 18.5 Å². The van der Waals surface area contributed by atoms with Crippen molar-refractivity contribution in [3.05, 3.63) is 35.9 Å². The number of amides is 2. The van der Waals surface area contributed by atoms with Crippen molar-refractivity contribution in [3.8, 4) is 0 Å². The lowest BCUT2D eigenvalue weighted by Gasteiger charge is -2.41. The van der Waals surface area contributed by atoms with Crippen LogP contribution in [0, 0.1) is 6.92 Å². The molecule has 132 valence electrons. The number of hydrogen-bond donors (Lipinski definition) is 2. The van der Waals surface area contributed by atoms with Crippen molar-refractivity contribution in [2.75, 3.05) is 0 Å². The van der Waals surface area contributed by atoms with E-state index in [1.54, 1.807) is 12.5 Å². The summed E-state index contributed by atoms with van der Waals surface area (Å²) in [6.45, 7) is 1.81. The van der Waals surface area contributed by atoms with E-state index in [9.17, 15) is 9.59 Å². The van der Waals surface area contributed by atoms with E-state index in [1.807, 2.05) is 23.4 Å². The Morgan fingerprint density at radius 1 is 1.32 bits per heavy atom. The molecule has 2 aliphatic rings. The fourth-order valence-corrected chi connectivity index (χ4v) is 3.63. The summed E-state index contributed by atoms with van der Waals surface area (Å²) in [7, 11) is 1.92. The van der Waals surface area contributed by atoms with Crippen LogP contribution in [-0.4, -0.2) is 48.3 Å². The van der Waals surface area contributed by atoms with E-state index < -0.39 is 0 Å². The first-order chi connectivity index (χ1) is 12.0. The Labute approximate surface area is 145 Å². The third kappa shape index (κ3) is 2.92. The molecule has 0 unspecified atom stereocenters. The Kier molecular flexibility index (Phi) is 3.82. The number of nitrogens with zero attached hydrogens (tertiary/aromatic N) is 4. The lowest BCUT2D eigenvalue weighted by Crippen LogP contribution is -2.53. The molecule has 1 aliphatic heterocycles. The molecule has 8 nitrogen and oxygen atoms in total. The number of H-pyrrole nitrogens is 1. The minimum absolute atomic E-state index is 0.148. The van der Waals surface area contributed by atoms with Crippen LogP contribution in [0.5, 0.6) is 0 Å². The van der Waals surface area contributed by atoms with Crippen molar-refractivity contribution in [2.45, 2.75) is 50.7 Å². The maximum atomic E-state index is 12.6. The van der Waals surface area contributed by atoms with Crippen LogP contribution in [0.1, 0.15) is 53.7 Å². The lowest BCUT2D eigenvalue weighted by atomic mass is 9.92. The van der Waals surface area contributed by atoms with Crippen molar-refractivity contribution < 1.29 is 9.59 Å². The summed E-state index contributed by atoms with van der Waals surface area (Å²) in [5.41, 5.74) is 1.39. The maximum Gasteiger partial charge on any atom is 0.269 e. The molecule has 1 saturated heterocycles. The largest absolute Gasteiger partial charge is 0.345 e. The Morgan fingerprint density at radius 3 is 2.72 bits per heavy atom. The predicted molar refractivity (Wildman–Crippen MR) is 89.6 cm³/mol. The average molecular weight is 342 g/mol. The second-order valence-electron chi connectivity index (χ2n) is 6.91. The molecule has 0 spiro atoms. The van der Waals surface area contributed by atoms with Crippen LogP contribution in [0.15, 0.2) is 18.7 Å². The number of carbonyl (C=O) groups is 2. The van der Waals surface area contributed by atoms with Gasteiger partial charge in [-0.15, -0.1) is 0 Å². The number of likely N-dealkylation sites (tertiary alicyclic amines) is 1. The van der Waals surface area contributed by atoms with Crippen LogP contribution in [0.25, 0.3) is 0 Å². The molecule has 4 rings (SSSR count). The summed E-state index contributed by atoms with van der Waals surface area (Å²) in [6.07, 6.45) is 8.20. The first-order valence-electron chi connectivity index (χ1n) is 8.64. The van der Waals surface area contributed by atoms with E-state index in [2.05, 4.69) is 20.3 Å². The highest BCUT2D eigenvalue weighted by Crippen LogP contribution is 2.40. The minimum atomic E-state index is -0.192. The molecule has 1 saturated carbocycles. The third-order valence-electron chi connectivity index (χ3n) is 5.00. The number of rotatable bonds is 4. The van der Waals surface area contributed by atoms with E-state index in [-0.39, 0.29) is 29.9 Å². The number of hydrogen-bond acceptors (Lipinski definition) is 4. The fourth-order valence-electron chi connectivity index (χ4n) is 3.63. The molecule has 8 heteroatoms. The summed E-state index contributed by atoms with van der Waals surface area (Å²) in [4.78, 5) is 38.4. The number of aromatic amines is 1. The smallest absolute Gasteiger partial charge is 0.269 e. The standard InChI is InChI=1S/C17H22N6O2/c1-10-19-7-13(20-10)17(25)21-12-5-6-15(24)23(11-3-4-11)16(12)14-8-18-9-22(14)2/h7-9,11-12,16H,3-6H2,1-2H3,(H,19,20)(H,21,25)/t12-,16-/m1/s1. The van der Waals surface area contributed by atoms with Crippen molar-refractivity contribution in [3.63, 3.8) is 0 Å². The van der Waals surface area contributed by atoms with E-state index >= 15 is 0 Å². The first kappa shape index (κ1) is 15.9. The van der Waals surface area contributed by atoms with Gasteiger partial charge in [-0.3, -0.25) is 9.59 Å². The second-order valence-corrected chi connectivity index (χ2v) is 6.91. The Balaban J connectivity index is 1.63. The molecule has 1 aliphatic carbocycles. The molecule has 0 aromatic carbocycles. The zero-order valence-electron chi connectivity index (χ0n) is 14.4. The number of carbonyl (C=O) groups excluding carboxylic acids is 2. The number of aromatic nitrogens is 4. The van der Waals surface area contributed by atoms with Crippen LogP contribution < -0.4 is 5.32 Å². The topological polar surface area (TPSA) is 95.9 Å². The van der Waals surface area contributed by atoms with Gasteiger partial charge in [0.2, 0.25) is 5.91 Å². The van der Waals surface area contributed by atoms with Gasteiger partial charge >= 0.3 is 0 Å². The van der Waals surface area contributed by atoms with Gasteiger partial charge in [-0.1, -0.05) is 0 Å². The van der Waals surface area contributed by atoms with Gasteiger partial charge < -0.3 is 19.8 Å². The van der Waals surface area contributed by atoms with Crippen molar-refractivity contribution in [1.29, 1.82) is 0 Å². The van der Waals surface area contributed by atoms with E-state index in [4.69, 9.17) is 0 Å². The number of aryl methyl sites for hydroxylation is 2. The van der Waals surface area contributed by atoms with Gasteiger partial charge in [0.05, 0.1) is 36.5 Å². The lowest BCUT2D eigenvalue weighted by molar-refractivity contribution is -0.138. The summed E-state index contributed by atoms with van der Waals surface area (Å²) in [5.74, 6) is 0.672. The highest BCUT2D eigenvalue weighted by Gasteiger charge is 2.45. The molecule has 3 heterocycles. The summed E-state index contributed by atoms with van der Waals surface area (Å²) in [6, 6.07) is -0.0551. The second kappa shape index (κ2) is 6.02. The van der Waals surface area contributed by atoms with Gasteiger partial charge in [-0.05, 0) is 26.2 Å². The van der Waals surface area contributed by atoms with Crippen LogP contribution in [0.4, 0.5) is 0 Å². The monoisotopic (exact) mass is 342 g/mol. The Morgan fingerprint density at radius 2 is 2.12 bits per heavy atom. The first-order valence-corrected chi connectivity index (χ1v) is 8.64. The van der Waals surface area contributed by atoms with E-state index in [1.165, 1.54) is 6.20 Å². The van der Waals surface area contributed by atoms with Crippen molar-refractivity contribution >= 4 is 11.8 Å². The van der Waals surface area contributed by atoms with Crippen LogP contribution in [0.2, 0.25) is 0 Å². The highest BCUT2D eigenvalue weighted by molar-refractivity contribution is 5.92. The SMILES string of the molecule is Cc1ncc(C(=O)N[C@@H]2CCC(=O)N(C3CC3)[C@H]2c2cncn2C)[nH]1. The molecular formula is C17H22N6O2. The average Bonchev–Trinajstić information content (AvgIpc) is 3.18. The molecule has 0 radical (unpaired) electrons. The summed E-state index contributed by atoms with van der Waals surface area (Å²) < 4.78 is 1.93. The molecule has 2 atom stereocenters. The van der Waals surface area contributed by atoms with Crippen LogP contribution in [0.3, 0.4) is 0 Å². The van der Waals surface area contributed by atoms with Crippen LogP contribution in [-0.2, 0) is 11.8 Å². The molecule has 2 aromatic rings. The van der Waals surface area contributed by atoms with Gasteiger partial charge in [0, 0.05) is 19.5 Å². The Bertz CT molecular complexity index is 806. The quantitative estimate of drug-likeness (QED) is 0.869. The normalized spacial score (nSPS) is 23.8. The third-order valence-corrected chi connectivity index (χ3v) is 5.00. The van der Waals surface area contributed by atoms with Gasteiger partial charge in [0.1, 0.15) is 11.5 Å². The zero-order chi connectivity index (χ0) is 17.6. The number of imidazole rings is 2. The Hall–Kier alpha value is -2.64. The maximum absolute atomic E-state index is 12.6. The van der Waals surface area contributed by atoms with Gasteiger partial charge in [-0.25, -0.2) is 9.97 Å². The number of piperidine rings is 1. The fraction of sp³-hybridized carbons (Fsp3) is 0.529. The van der Waals surface area contributed by atoms with Crippen molar-refractivity contribution in [1.82, 2.24) is 29.7 Å². The van der Waals surface area contributed by atoms with Crippen LogP contribution >= 0.6 is 0 Å². The zero-order valence-corrected chi connectivity index (χ0v) is 14.4. The summed E-state index contributed by atoms with van der Waals surface area (Å²) >= 11 is 0. The van der Waals surface area contributed by atoms with Gasteiger partial charge in [0.25, 0.3) is 5.91 Å². The predicted octanol–water partition coefficient (Wildman–Crippen LogP) is 1.08.